The Hall–Kier alpha value is -2.98. The lowest BCUT2D eigenvalue weighted by Crippen LogP contribution is -2.15. The van der Waals surface area contributed by atoms with Crippen molar-refractivity contribution in [2.45, 2.75) is 0 Å². The van der Waals surface area contributed by atoms with Gasteiger partial charge in [0.25, 0.3) is 5.91 Å². The molecule has 0 aromatic heterocycles. The van der Waals surface area contributed by atoms with E-state index in [-0.39, 0.29) is 5.56 Å². The first-order valence-electron chi connectivity index (χ1n) is 5.82. The molecule has 0 aliphatic carbocycles. The molecule has 0 saturated carbocycles. The van der Waals surface area contributed by atoms with E-state index in [1.165, 1.54) is 24.3 Å². The van der Waals surface area contributed by atoms with E-state index in [9.17, 15) is 13.6 Å². The molecule has 0 aliphatic rings. The van der Waals surface area contributed by atoms with Crippen molar-refractivity contribution in [3.05, 3.63) is 59.2 Å². The molecule has 4 N–H and O–H groups in total. The second kappa shape index (κ2) is 5.98. The number of nitrogen functional groups attached to an aromatic ring is 1. The summed E-state index contributed by atoms with van der Waals surface area (Å²) < 4.78 is 27.0. The number of nitriles is 1. The number of carbonyl (C=O) groups is 1. The number of hydrogen-bond acceptors (Lipinski definition) is 4. The van der Waals surface area contributed by atoms with Gasteiger partial charge < -0.3 is 10.7 Å². The summed E-state index contributed by atoms with van der Waals surface area (Å²) in [5.41, 5.74) is 2.02. The average molecular weight is 288 g/mol. The van der Waals surface area contributed by atoms with E-state index >= 15 is 0 Å². The number of rotatable bonds is 3. The zero-order chi connectivity index (χ0) is 15.4. The molecule has 21 heavy (non-hydrogen) atoms. The first kappa shape index (κ1) is 14.4. The van der Waals surface area contributed by atoms with Crippen LogP contribution in [0.3, 0.4) is 0 Å². The standard InChI is InChI=1S/C14H10F2N4O/c15-11-5-9(6-12(16)13(11)20-18)14(21)19-10-3-1-8(7-17)2-4-10/h1-6,20H,18H2,(H,19,21). The molecule has 1 amide bonds. The Morgan fingerprint density at radius 2 is 1.71 bits per heavy atom. The van der Waals surface area contributed by atoms with Crippen LogP contribution in [0.15, 0.2) is 36.4 Å². The Bertz CT molecular complexity index is 700. The fourth-order valence-electron chi connectivity index (χ4n) is 1.67. The minimum atomic E-state index is -0.970. The molecule has 2 aromatic carbocycles. The van der Waals surface area contributed by atoms with E-state index in [1.54, 1.807) is 0 Å². The Morgan fingerprint density at radius 1 is 1.14 bits per heavy atom. The van der Waals surface area contributed by atoms with Crippen molar-refractivity contribution in [3.8, 4) is 6.07 Å². The molecule has 0 bridgehead atoms. The zero-order valence-electron chi connectivity index (χ0n) is 10.7. The number of halogens is 2. The van der Waals surface area contributed by atoms with Gasteiger partial charge in [-0.15, -0.1) is 0 Å². The van der Waals surface area contributed by atoms with Crippen molar-refractivity contribution in [2.24, 2.45) is 5.84 Å². The van der Waals surface area contributed by atoms with Crippen molar-refractivity contribution >= 4 is 17.3 Å². The van der Waals surface area contributed by atoms with Gasteiger partial charge in [-0.2, -0.15) is 5.26 Å². The maximum atomic E-state index is 13.5. The smallest absolute Gasteiger partial charge is 0.255 e. The highest BCUT2D eigenvalue weighted by molar-refractivity contribution is 6.04. The molecule has 2 rings (SSSR count). The first-order valence-corrected chi connectivity index (χ1v) is 5.82. The van der Waals surface area contributed by atoms with Gasteiger partial charge >= 0.3 is 0 Å². The van der Waals surface area contributed by atoms with Gasteiger partial charge in [-0.05, 0) is 36.4 Å². The molecule has 0 saturated heterocycles. The van der Waals surface area contributed by atoms with Gasteiger partial charge in [0.15, 0.2) is 11.6 Å². The molecule has 0 spiro atoms. The topological polar surface area (TPSA) is 90.9 Å². The summed E-state index contributed by atoms with van der Waals surface area (Å²) >= 11 is 0. The van der Waals surface area contributed by atoms with Gasteiger partial charge in [0.05, 0.1) is 11.6 Å². The number of anilines is 2. The van der Waals surface area contributed by atoms with Crippen LogP contribution in [0.5, 0.6) is 0 Å². The predicted octanol–water partition coefficient (Wildman–Crippen LogP) is 2.37. The Labute approximate surface area is 119 Å². The molecule has 106 valence electrons. The minimum Gasteiger partial charge on any atom is -0.322 e. The Morgan fingerprint density at radius 3 is 2.19 bits per heavy atom. The van der Waals surface area contributed by atoms with Crippen LogP contribution in [0.1, 0.15) is 15.9 Å². The highest BCUT2D eigenvalue weighted by atomic mass is 19.1. The van der Waals surface area contributed by atoms with Crippen LogP contribution in [0.2, 0.25) is 0 Å². The first-order chi connectivity index (χ1) is 10.0. The molecule has 0 radical (unpaired) electrons. The summed E-state index contributed by atoms with van der Waals surface area (Å²) in [7, 11) is 0. The third-order valence-electron chi connectivity index (χ3n) is 2.72. The van der Waals surface area contributed by atoms with E-state index < -0.39 is 23.2 Å². The van der Waals surface area contributed by atoms with E-state index in [4.69, 9.17) is 11.1 Å². The number of nitrogens with zero attached hydrogens (tertiary/aromatic N) is 1. The maximum absolute atomic E-state index is 13.5. The van der Waals surface area contributed by atoms with Gasteiger partial charge in [-0.1, -0.05) is 0 Å². The van der Waals surface area contributed by atoms with Gasteiger partial charge in [-0.25, -0.2) is 8.78 Å². The summed E-state index contributed by atoms with van der Waals surface area (Å²) in [6.45, 7) is 0. The second-order valence-electron chi connectivity index (χ2n) is 4.10. The number of carbonyl (C=O) groups excluding carboxylic acids is 1. The third-order valence-corrected chi connectivity index (χ3v) is 2.72. The van der Waals surface area contributed by atoms with Crippen LogP contribution >= 0.6 is 0 Å². The van der Waals surface area contributed by atoms with Crippen LogP contribution in [0.4, 0.5) is 20.2 Å². The lowest BCUT2D eigenvalue weighted by atomic mass is 10.1. The molecule has 0 atom stereocenters. The van der Waals surface area contributed by atoms with Crippen LogP contribution in [0.25, 0.3) is 0 Å². The number of hydrazine groups is 1. The third kappa shape index (κ3) is 3.13. The number of nitrogens with one attached hydrogen (secondary N) is 2. The van der Waals surface area contributed by atoms with E-state index in [0.717, 1.165) is 12.1 Å². The highest BCUT2D eigenvalue weighted by Gasteiger charge is 2.14. The lowest BCUT2D eigenvalue weighted by Gasteiger charge is -2.08. The summed E-state index contributed by atoms with van der Waals surface area (Å²) in [6.07, 6.45) is 0. The van der Waals surface area contributed by atoms with Crippen molar-refractivity contribution in [3.63, 3.8) is 0 Å². The Balaban J connectivity index is 2.22. The molecule has 2 aromatic rings. The summed E-state index contributed by atoms with van der Waals surface area (Å²) in [5, 5.41) is 11.1. The van der Waals surface area contributed by atoms with Gasteiger partial charge in [0, 0.05) is 11.3 Å². The van der Waals surface area contributed by atoms with E-state index in [0.29, 0.717) is 11.3 Å². The summed E-state index contributed by atoms with van der Waals surface area (Å²) in [6, 6.07) is 9.73. The average Bonchev–Trinajstić information content (AvgIpc) is 2.47. The Kier molecular flexibility index (Phi) is 4.11. The number of nitrogens with two attached hydrogens (primary N) is 1. The van der Waals surface area contributed by atoms with Crippen LogP contribution in [0, 0.1) is 23.0 Å². The van der Waals surface area contributed by atoms with Crippen LogP contribution in [-0.2, 0) is 0 Å². The lowest BCUT2D eigenvalue weighted by molar-refractivity contribution is 0.102. The SMILES string of the molecule is N#Cc1ccc(NC(=O)c2cc(F)c(NN)c(F)c2)cc1. The van der Waals surface area contributed by atoms with E-state index in [2.05, 4.69) is 5.32 Å². The quantitative estimate of drug-likeness (QED) is 0.597. The monoisotopic (exact) mass is 288 g/mol. The number of benzene rings is 2. The van der Waals surface area contributed by atoms with Crippen molar-refractivity contribution in [1.29, 1.82) is 5.26 Å². The maximum Gasteiger partial charge on any atom is 0.255 e. The molecule has 0 heterocycles. The fourth-order valence-corrected chi connectivity index (χ4v) is 1.67. The fraction of sp³-hybridized carbons (Fsp3) is 0. The summed E-state index contributed by atoms with van der Waals surface area (Å²) in [5.74, 6) is 2.35. The van der Waals surface area contributed by atoms with E-state index in [1.807, 2.05) is 11.5 Å². The molecular weight excluding hydrogens is 278 g/mol. The molecular formula is C14H10F2N4O. The zero-order valence-corrected chi connectivity index (χ0v) is 10.7. The predicted molar refractivity (Wildman–Crippen MR) is 73.3 cm³/mol. The number of amides is 1. The largest absolute Gasteiger partial charge is 0.322 e. The van der Waals surface area contributed by atoms with Crippen LogP contribution < -0.4 is 16.6 Å². The summed E-state index contributed by atoms with van der Waals surface area (Å²) in [4.78, 5) is 11.9. The normalized spacial score (nSPS) is 9.81. The molecule has 0 aliphatic heterocycles. The van der Waals surface area contributed by atoms with Crippen molar-refractivity contribution < 1.29 is 13.6 Å². The van der Waals surface area contributed by atoms with Gasteiger partial charge in [-0.3, -0.25) is 10.6 Å². The van der Waals surface area contributed by atoms with Crippen molar-refractivity contribution in [1.82, 2.24) is 0 Å². The second-order valence-corrected chi connectivity index (χ2v) is 4.10. The minimum absolute atomic E-state index is 0.187. The van der Waals surface area contributed by atoms with Gasteiger partial charge in [0.2, 0.25) is 0 Å². The van der Waals surface area contributed by atoms with Gasteiger partial charge in [0.1, 0.15) is 5.69 Å². The molecule has 7 heteroatoms. The molecule has 0 unspecified atom stereocenters. The van der Waals surface area contributed by atoms with Crippen LogP contribution in [-0.4, -0.2) is 5.91 Å². The number of hydrogen-bond donors (Lipinski definition) is 3. The highest BCUT2D eigenvalue weighted by Crippen LogP contribution is 2.20. The molecule has 0 fully saturated rings. The molecule has 5 nitrogen and oxygen atoms in total. The van der Waals surface area contributed by atoms with Crippen molar-refractivity contribution in [2.75, 3.05) is 10.7 Å².